The smallest absolute Gasteiger partial charge is 0.0558 e. The van der Waals surface area contributed by atoms with Crippen LogP contribution in [0.2, 0.25) is 0 Å². The summed E-state index contributed by atoms with van der Waals surface area (Å²) >= 11 is 0. The first-order chi connectivity index (χ1) is 7.80. The van der Waals surface area contributed by atoms with Crippen molar-refractivity contribution in [2.24, 2.45) is 11.3 Å². The van der Waals surface area contributed by atoms with E-state index in [0.717, 1.165) is 26.3 Å². The lowest BCUT2D eigenvalue weighted by molar-refractivity contribution is 0.0688. The average molecular weight is 227 g/mol. The van der Waals surface area contributed by atoms with Crippen molar-refractivity contribution >= 4 is 0 Å². The third-order valence-corrected chi connectivity index (χ3v) is 4.42. The van der Waals surface area contributed by atoms with Gasteiger partial charge in [-0.1, -0.05) is 12.8 Å². The van der Waals surface area contributed by atoms with E-state index in [1.807, 2.05) is 0 Å². The third kappa shape index (κ3) is 2.41. The summed E-state index contributed by atoms with van der Waals surface area (Å²) in [6.07, 6.45) is 5.50. The normalized spacial score (nSPS) is 29.2. The van der Waals surface area contributed by atoms with Crippen molar-refractivity contribution < 1.29 is 9.84 Å². The van der Waals surface area contributed by atoms with Crippen molar-refractivity contribution in [3.05, 3.63) is 0 Å². The molecule has 16 heavy (non-hydrogen) atoms. The second-order valence-electron chi connectivity index (χ2n) is 5.38. The number of hydrogen-bond acceptors (Lipinski definition) is 3. The highest BCUT2D eigenvalue weighted by Crippen LogP contribution is 2.48. The molecule has 3 nitrogen and oxygen atoms in total. The van der Waals surface area contributed by atoms with Crippen LogP contribution >= 0.6 is 0 Å². The number of aliphatic hydroxyl groups excluding tert-OH is 1. The Labute approximate surface area is 98.8 Å². The van der Waals surface area contributed by atoms with Gasteiger partial charge in [0.2, 0.25) is 0 Å². The van der Waals surface area contributed by atoms with E-state index in [-0.39, 0.29) is 6.61 Å². The summed E-state index contributed by atoms with van der Waals surface area (Å²) in [5.74, 6) is 0.696. The molecule has 0 unspecified atom stereocenters. The van der Waals surface area contributed by atoms with Crippen LogP contribution in [0.4, 0.5) is 0 Å². The van der Waals surface area contributed by atoms with Gasteiger partial charge in [0.1, 0.15) is 0 Å². The summed E-state index contributed by atoms with van der Waals surface area (Å²) < 4.78 is 5.64. The molecular formula is C13H25NO2. The molecule has 0 aromatic carbocycles. The molecule has 1 heterocycles. The molecule has 94 valence electrons. The van der Waals surface area contributed by atoms with Gasteiger partial charge >= 0.3 is 0 Å². The monoisotopic (exact) mass is 227 g/mol. The van der Waals surface area contributed by atoms with E-state index >= 15 is 0 Å². The molecule has 1 aliphatic carbocycles. The summed E-state index contributed by atoms with van der Waals surface area (Å²) in [5.41, 5.74) is 0.518. The van der Waals surface area contributed by atoms with E-state index in [4.69, 9.17) is 9.84 Å². The van der Waals surface area contributed by atoms with Crippen LogP contribution in [-0.4, -0.2) is 49.5 Å². The third-order valence-electron chi connectivity index (χ3n) is 4.42. The number of β-amino-alcohol motifs (C(OH)–C–C–N with tert-alkyl or cyclic N) is 1. The maximum absolute atomic E-state index is 9.05. The number of rotatable bonds is 5. The molecule has 1 saturated carbocycles. The molecule has 2 fully saturated rings. The van der Waals surface area contributed by atoms with Gasteiger partial charge in [-0.3, -0.25) is 0 Å². The van der Waals surface area contributed by atoms with Gasteiger partial charge in [-0.25, -0.2) is 0 Å². The Morgan fingerprint density at radius 3 is 2.75 bits per heavy atom. The molecule has 0 amide bonds. The van der Waals surface area contributed by atoms with Crippen molar-refractivity contribution in [2.45, 2.75) is 32.6 Å². The van der Waals surface area contributed by atoms with E-state index in [1.54, 1.807) is 0 Å². The number of aliphatic hydroxyl groups is 1. The molecular weight excluding hydrogens is 202 g/mol. The van der Waals surface area contributed by atoms with Gasteiger partial charge in [-0.05, 0) is 25.2 Å². The van der Waals surface area contributed by atoms with Gasteiger partial charge in [0.05, 0.1) is 13.2 Å². The van der Waals surface area contributed by atoms with Crippen molar-refractivity contribution in [3.63, 3.8) is 0 Å². The van der Waals surface area contributed by atoms with Crippen LogP contribution in [0.3, 0.4) is 0 Å². The fraction of sp³-hybridized carbons (Fsp3) is 1.00. The largest absolute Gasteiger partial charge is 0.395 e. The summed E-state index contributed by atoms with van der Waals surface area (Å²) in [7, 11) is 0. The fourth-order valence-corrected chi connectivity index (χ4v) is 3.59. The van der Waals surface area contributed by atoms with E-state index in [0.29, 0.717) is 11.3 Å². The number of hydrogen-bond donors (Lipinski definition) is 1. The van der Waals surface area contributed by atoms with Crippen LogP contribution in [0.15, 0.2) is 0 Å². The first kappa shape index (κ1) is 12.3. The average Bonchev–Trinajstić information content (AvgIpc) is 2.86. The van der Waals surface area contributed by atoms with Crippen molar-refractivity contribution in [1.29, 1.82) is 0 Å². The minimum Gasteiger partial charge on any atom is -0.395 e. The Bertz CT molecular complexity index is 214. The van der Waals surface area contributed by atoms with Crippen LogP contribution in [0, 0.1) is 11.3 Å². The minimum absolute atomic E-state index is 0.289. The number of nitrogens with zero attached hydrogens (tertiary/aromatic N) is 1. The molecule has 1 spiro atoms. The van der Waals surface area contributed by atoms with Gasteiger partial charge in [0.15, 0.2) is 0 Å². The van der Waals surface area contributed by atoms with Crippen LogP contribution in [0.1, 0.15) is 32.6 Å². The summed E-state index contributed by atoms with van der Waals surface area (Å²) in [4.78, 5) is 2.43. The first-order valence-corrected chi connectivity index (χ1v) is 6.72. The Kier molecular flexibility index (Phi) is 4.22. The molecule has 0 aromatic rings. The Morgan fingerprint density at radius 1 is 1.38 bits per heavy atom. The molecule has 1 saturated heterocycles. The summed E-state index contributed by atoms with van der Waals surface area (Å²) in [5, 5.41) is 9.05. The fourth-order valence-electron chi connectivity index (χ4n) is 3.59. The van der Waals surface area contributed by atoms with Gasteiger partial charge in [-0.2, -0.15) is 0 Å². The standard InChI is InChI=1S/C13H25NO2/c1-2-16-10-12-9-14(7-8-15)11-13(12)5-3-4-6-13/h12,15H,2-11H2,1H3/t12-/m1/s1. The quantitative estimate of drug-likeness (QED) is 0.772. The van der Waals surface area contributed by atoms with Crippen molar-refractivity contribution in [1.82, 2.24) is 4.90 Å². The van der Waals surface area contributed by atoms with Crippen LogP contribution < -0.4 is 0 Å². The lowest BCUT2D eigenvalue weighted by Crippen LogP contribution is -2.30. The Hall–Kier alpha value is -0.120. The highest BCUT2D eigenvalue weighted by atomic mass is 16.5. The van der Waals surface area contributed by atoms with Gasteiger partial charge in [0, 0.05) is 32.2 Å². The minimum atomic E-state index is 0.289. The molecule has 0 aromatic heterocycles. The molecule has 3 heteroatoms. The predicted molar refractivity (Wildman–Crippen MR) is 64.4 cm³/mol. The molecule has 1 N–H and O–H groups in total. The zero-order valence-corrected chi connectivity index (χ0v) is 10.5. The topological polar surface area (TPSA) is 32.7 Å². The summed E-state index contributed by atoms with van der Waals surface area (Å²) in [6.45, 7) is 7.25. The zero-order chi connectivity index (χ0) is 11.4. The lowest BCUT2D eigenvalue weighted by atomic mass is 9.77. The molecule has 2 rings (SSSR count). The van der Waals surface area contributed by atoms with Crippen LogP contribution in [-0.2, 0) is 4.74 Å². The second-order valence-corrected chi connectivity index (χ2v) is 5.38. The molecule has 0 bridgehead atoms. The SMILES string of the molecule is CCOC[C@H]1CN(CCO)CC12CCCC2. The van der Waals surface area contributed by atoms with Gasteiger partial charge < -0.3 is 14.7 Å². The highest BCUT2D eigenvalue weighted by Gasteiger charge is 2.47. The zero-order valence-electron chi connectivity index (χ0n) is 10.5. The maximum atomic E-state index is 9.05. The van der Waals surface area contributed by atoms with E-state index in [2.05, 4.69) is 11.8 Å². The Morgan fingerprint density at radius 2 is 2.12 bits per heavy atom. The van der Waals surface area contributed by atoms with Crippen LogP contribution in [0.25, 0.3) is 0 Å². The van der Waals surface area contributed by atoms with Crippen molar-refractivity contribution in [3.8, 4) is 0 Å². The number of likely N-dealkylation sites (tertiary alicyclic amines) is 1. The Balaban J connectivity index is 1.96. The first-order valence-electron chi connectivity index (χ1n) is 6.72. The summed E-state index contributed by atoms with van der Waals surface area (Å²) in [6, 6.07) is 0. The van der Waals surface area contributed by atoms with Crippen molar-refractivity contribution in [2.75, 3.05) is 39.5 Å². The lowest BCUT2D eigenvalue weighted by Gasteiger charge is -2.29. The van der Waals surface area contributed by atoms with E-state index in [1.165, 1.54) is 32.2 Å². The predicted octanol–water partition coefficient (Wildman–Crippen LogP) is 1.51. The molecule has 2 aliphatic rings. The van der Waals surface area contributed by atoms with E-state index in [9.17, 15) is 0 Å². The molecule has 1 atom stereocenters. The van der Waals surface area contributed by atoms with Crippen LogP contribution in [0.5, 0.6) is 0 Å². The second kappa shape index (κ2) is 5.48. The highest BCUT2D eigenvalue weighted by molar-refractivity contribution is 4.99. The molecule has 1 aliphatic heterocycles. The maximum Gasteiger partial charge on any atom is 0.0558 e. The molecule has 0 radical (unpaired) electrons. The van der Waals surface area contributed by atoms with Gasteiger partial charge in [0.25, 0.3) is 0 Å². The van der Waals surface area contributed by atoms with E-state index < -0.39 is 0 Å². The van der Waals surface area contributed by atoms with Gasteiger partial charge in [-0.15, -0.1) is 0 Å². The number of ether oxygens (including phenoxy) is 1.